The number of benzene rings is 1. The summed E-state index contributed by atoms with van der Waals surface area (Å²) in [4.78, 5) is 25.9. The lowest BCUT2D eigenvalue weighted by Gasteiger charge is -2.27. The second-order valence-corrected chi connectivity index (χ2v) is 6.00. The van der Waals surface area contributed by atoms with Crippen molar-refractivity contribution in [2.45, 2.75) is 38.2 Å². The van der Waals surface area contributed by atoms with Gasteiger partial charge in [-0.2, -0.15) is 0 Å². The van der Waals surface area contributed by atoms with Gasteiger partial charge in [0.1, 0.15) is 30.6 Å². The van der Waals surface area contributed by atoms with Crippen LogP contribution in [0, 0.1) is 13.8 Å². The molecule has 8 heteroatoms. The Bertz CT molecular complexity index is 819. The zero-order chi connectivity index (χ0) is 18.7. The Labute approximate surface area is 143 Å². The molecule has 2 aromatic rings. The van der Waals surface area contributed by atoms with Crippen LogP contribution in [0.5, 0.6) is 0 Å². The van der Waals surface area contributed by atoms with Crippen LogP contribution in [-0.2, 0) is 4.79 Å². The van der Waals surface area contributed by atoms with Gasteiger partial charge in [0.15, 0.2) is 0 Å². The summed E-state index contributed by atoms with van der Waals surface area (Å²) < 4.78 is 0. The molecule has 8 nitrogen and oxygen atoms in total. The zero-order valence-electron chi connectivity index (χ0n) is 13.9. The highest BCUT2D eigenvalue weighted by Gasteiger charge is 2.31. The molecular formula is C17H22N2O6. The highest BCUT2D eigenvalue weighted by Crippen LogP contribution is 2.22. The minimum Gasteiger partial charge on any atom is -0.394 e. The van der Waals surface area contributed by atoms with Crippen LogP contribution in [0.4, 0.5) is 5.69 Å². The van der Waals surface area contributed by atoms with Crippen LogP contribution in [0.1, 0.15) is 11.1 Å². The Morgan fingerprint density at radius 2 is 1.84 bits per heavy atom. The highest BCUT2D eigenvalue weighted by molar-refractivity contribution is 5.86. The average Bonchev–Trinajstić information content (AvgIpc) is 2.62. The first kappa shape index (κ1) is 19.1. The maximum absolute atomic E-state index is 11.9. The van der Waals surface area contributed by atoms with E-state index in [9.17, 15) is 24.9 Å². The van der Waals surface area contributed by atoms with Gasteiger partial charge in [-0.15, -0.1) is 0 Å². The van der Waals surface area contributed by atoms with Crippen molar-refractivity contribution in [1.29, 1.82) is 0 Å². The Balaban J connectivity index is 2.30. The summed E-state index contributed by atoms with van der Waals surface area (Å²) in [5.41, 5.74) is 2.26. The van der Waals surface area contributed by atoms with E-state index < -0.39 is 31.0 Å². The summed E-state index contributed by atoms with van der Waals surface area (Å²) in [5, 5.41) is 41.5. The van der Waals surface area contributed by atoms with Crippen molar-refractivity contribution in [3.63, 3.8) is 0 Å². The lowest BCUT2D eigenvalue weighted by atomic mass is 10.0. The molecule has 0 bridgehead atoms. The van der Waals surface area contributed by atoms with Crippen LogP contribution in [0.25, 0.3) is 10.9 Å². The summed E-state index contributed by atoms with van der Waals surface area (Å²) in [7, 11) is 0. The van der Waals surface area contributed by atoms with Gasteiger partial charge in [-0.3, -0.25) is 4.79 Å². The zero-order valence-corrected chi connectivity index (χ0v) is 13.9. The monoisotopic (exact) mass is 350 g/mol. The van der Waals surface area contributed by atoms with Gasteiger partial charge >= 0.3 is 0 Å². The Hall–Kier alpha value is -2.26. The first-order valence-corrected chi connectivity index (χ1v) is 7.80. The number of anilines is 1. The van der Waals surface area contributed by atoms with E-state index in [0.29, 0.717) is 23.1 Å². The van der Waals surface area contributed by atoms with Gasteiger partial charge in [0.25, 0.3) is 5.56 Å². The molecule has 0 aliphatic heterocycles. The molecule has 0 amide bonds. The molecule has 2 rings (SSSR count). The minimum absolute atomic E-state index is 0.212. The number of nitrogens with one attached hydrogen (secondary N) is 2. The van der Waals surface area contributed by atoms with Crippen molar-refractivity contribution in [1.82, 2.24) is 4.98 Å². The molecule has 1 aromatic carbocycles. The number of hydrogen-bond acceptors (Lipinski definition) is 7. The number of rotatable bonds is 7. The molecular weight excluding hydrogens is 328 g/mol. The number of aldehydes is 1. The van der Waals surface area contributed by atoms with E-state index in [2.05, 4.69) is 10.3 Å². The van der Waals surface area contributed by atoms with Gasteiger partial charge in [0.05, 0.1) is 12.1 Å². The SMILES string of the molecule is Cc1c(C)c2ccc(N[C@@H](C=O)[C@@H](O)[C@H](O)[C@H](O)CO)cc2[nH]c1=O. The molecule has 1 aromatic heterocycles. The standard InChI is InChI=1S/C17H22N2O6/c1-8-9(2)17(25)19-12-5-10(3-4-11(8)12)18-13(6-20)15(23)16(24)14(22)7-21/h3-6,13-16,18,21-24H,7H2,1-2H3,(H,19,25)/t13-,14+,15+,16+/m0/s1. The molecule has 25 heavy (non-hydrogen) atoms. The smallest absolute Gasteiger partial charge is 0.251 e. The van der Waals surface area contributed by atoms with Gasteiger partial charge in [0, 0.05) is 16.6 Å². The number of aliphatic hydroxyl groups is 4. The molecule has 0 unspecified atom stereocenters. The van der Waals surface area contributed by atoms with Gasteiger partial charge in [-0.05, 0) is 31.5 Å². The normalized spacial score (nSPS) is 16.2. The predicted molar refractivity (Wildman–Crippen MR) is 92.6 cm³/mol. The Morgan fingerprint density at radius 1 is 1.16 bits per heavy atom. The topological polar surface area (TPSA) is 143 Å². The molecule has 0 aliphatic rings. The number of aryl methyl sites for hydroxylation is 1. The van der Waals surface area contributed by atoms with E-state index in [1.807, 2.05) is 6.92 Å². The van der Waals surface area contributed by atoms with Gasteiger partial charge < -0.3 is 35.5 Å². The molecule has 0 fully saturated rings. The van der Waals surface area contributed by atoms with E-state index >= 15 is 0 Å². The predicted octanol–water partition coefficient (Wildman–Crippen LogP) is -0.801. The first-order chi connectivity index (χ1) is 11.8. The molecule has 1 heterocycles. The third kappa shape index (κ3) is 3.88. The number of H-pyrrole nitrogens is 1. The van der Waals surface area contributed by atoms with Crippen LogP contribution in [0.2, 0.25) is 0 Å². The first-order valence-electron chi connectivity index (χ1n) is 7.80. The Morgan fingerprint density at radius 3 is 2.44 bits per heavy atom. The summed E-state index contributed by atoms with van der Waals surface area (Å²) in [6, 6.07) is 3.84. The van der Waals surface area contributed by atoms with Gasteiger partial charge in [-0.25, -0.2) is 0 Å². The largest absolute Gasteiger partial charge is 0.394 e. The molecule has 4 atom stereocenters. The van der Waals surface area contributed by atoms with Crippen molar-refractivity contribution in [2.75, 3.05) is 11.9 Å². The van der Waals surface area contributed by atoms with Crippen LogP contribution in [0.3, 0.4) is 0 Å². The van der Waals surface area contributed by atoms with Crippen molar-refractivity contribution < 1.29 is 25.2 Å². The number of aliphatic hydroxyl groups excluding tert-OH is 4. The molecule has 136 valence electrons. The summed E-state index contributed by atoms with van der Waals surface area (Å²) in [6.45, 7) is 2.82. The van der Waals surface area contributed by atoms with Crippen LogP contribution in [0.15, 0.2) is 23.0 Å². The number of hydrogen-bond donors (Lipinski definition) is 6. The Kier molecular flexibility index (Phi) is 5.91. The van der Waals surface area contributed by atoms with Crippen LogP contribution < -0.4 is 10.9 Å². The average molecular weight is 350 g/mol. The number of carbonyl (C=O) groups excluding carboxylic acids is 1. The number of carbonyl (C=O) groups is 1. The molecule has 0 radical (unpaired) electrons. The summed E-state index contributed by atoms with van der Waals surface area (Å²) >= 11 is 0. The fourth-order valence-corrected chi connectivity index (χ4v) is 2.59. The second kappa shape index (κ2) is 7.75. The maximum atomic E-state index is 11.9. The number of aromatic nitrogens is 1. The van der Waals surface area contributed by atoms with E-state index in [1.165, 1.54) is 0 Å². The second-order valence-electron chi connectivity index (χ2n) is 6.00. The third-order valence-electron chi connectivity index (χ3n) is 4.35. The number of aromatic amines is 1. The number of fused-ring (bicyclic) bond motifs is 1. The molecule has 0 spiro atoms. The van der Waals surface area contributed by atoms with E-state index in [4.69, 9.17) is 5.11 Å². The van der Waals surface area contributed by atoms with Gasteiger partial charge in [-0.1, -0.05) is 6.07 Å². The molecule has 0 aliphatic carbocycles. The maximum Gasteiger partial charge on any atom is 0.251 e. The fraction of sp³-hybridized carbons (Fsp3) is 0.412. The van der Waals surface area contributed by atoms with Crippen LogP contribution >= 0.6 is 0 Å². The van der Waals surface area contributed by atoms with Crippen molar-refractivity contribution in [3.05, 3.63) is 39.7 Å². The van der Waals surface area contributed by atoms with Gasteiger partial charge in [0.2, 0.25) is 0 Å². The van der Waals surface area contributed by atoms with E-state index in [1.54, 1.807) is 25.1 Å². The van der Waals surface area contributed by atoms with Crippen molar-refractivity contribution >= 4 is 22.9 Å². The third-order valence-corrected chi connectivity index (χ3v) is 4.35. The highest BCUT2D eigenvalue weighted by atomic mass is 16.4. The lowest BCUT2D eigenvalue weighted by Crippen LogP contribution is -2.49. The minimum atomic E-state index is -1.70. The van der Waals surface area contributed by atoms with Crippen LogP contribution in [-0.4, -0.2) is 62.7 Å². The summed E-state index contributed by atoms with van der Waals surface area (Å²) in [6.07, 6.45) is -4.50. The van der Waals surface area contributed by atoms with E-state index in [0.717, 1.165) is 10.9 Å². The van der Waals surface area contributed by atoms with Crippen molar-refractivity contribution in [2.24, 2.45) is 0 Å². The molecule has 0 saturated heterocycles. The summed E-state index contributed by atoms with van der Waals surface area (Å²) in [5.74, 6) is 0. The fourth-order valence-electron chi connectivity index (χ4n) is 2.59. The molecule has 6 N–H and O–H groups in total. The molecule has 0 saturated carbocycles. The number of pyridine rings is 1. The van der Waals surface area contributed by atoms with E-state index in [-0.39, 0.29) is 5.56 Å². The quantitative estimate of drug-likeness (QED) is 0.359. The lowest BCUT2D eigenvalue weighted by molar-refractivity contribution is -0.117. The van der Waals surface area contributed by atoms with Crippen molar-refractivity contribution in [3.8, 4) is 0 Å².